The Morgan fingerprint density at radius 1 is 1.21 bits per heavy atom. The second-order valence-electron chi connectivity index (χ2n) is 7.34. The lowest BCUT2D eigenvalue weighted by Crippen LogP contribution is -2.36. The lowest BCUT2D eigenvalue weighted by Gasteiger charge is -2.16. The summed E-state index contributed by atoms with van der Waals surface area (Å²) in [4.78, 5) is 39.5. The van der Waals surface area contributed by atoms with Crippen LogP contribution in [0.1, 0.15) is 46.4 Å². The Morgan fingerprint density at radius 3 is 2.72 bits per heavy atom. The number of carbonyl (C=O) groups is 2. The molecule has 29 heavy (non-hydrogen) atoms. The number of carboxylic acid groups (broad SMARTS) is 1. The van der Waals surface area contributed by atoms with Crippen molar-refractivity contribution in [3.05, 3.63) is 63.1 Å². The molecule has 3 rings (SSSR count). The summed E-state index contributed by atoms with van der Waals surface area (Å²) in [6.45, 7) is -0.0806. The number of carbonyl (C=O) groups excluding carboxylic acids is 1. The van der Waals surface area contributed by atoms with Crippen LogP contribution in [0.4, 0.5) is 0 Å². The Morgan fingerprint density at radius 2 is 1.97 bits per heavy atom. The van der Waals surface area contributed by atoms with Crippen LogP contribution >= 0.6 is 0 Å². The Hall–Kier alpha value is -3.09. The molecular weight excluding hydrogens is 372 g/mol. The highest BCUT2D eigenvalue weighted by atomic mass is 16.5. The van der Waals surface area contributed by atoms with Crippen molar-refractivity contribution in [2.75, 3.05) is 13.7 Å². The highest BCUT2D eigenvalue weighted by Crippen LogP contribution is 2.21. The quantitative estimate of drug-likeness (QED) is 0.620. The number of fused-ring (bicyclic) bond motifs is 1. The summed E-state index contributed by atoms with van der Waals surface area (Å²) in [5, 5.41) is 12.2. The van der Waals surface area contributed by atoms with Crippen molar-refractivity contribution in [1.82, 2.24) is 10.3 Å². The number of methoxy groups -OCH3 is 1. The molecule has 7 nitrogen and oxygen atoms in total. The minimum absolute atomic E-state index is 0.0343. The predicted molar refractivity (Wildman–Crippen MR) is 108 cm³/mol. The van der Waals surface area contributed by atoms with E-state index >= 15 is 0 Å². The minimum Gasteiger partial charge on any atom is -0.496 e. The van der Waals surface area contributed by atoms with E-state index in [4.69, 9.17) is 4.74 Å². The fourth-order valence-corrected chi connectivity index (χ4v) is 3.72. The molecule has 2 aromatic rings. The molecule has 1 aromatic carbocycles. The van der Waals surface area contributed by atoms with E-state index in [1.54, 1.807) is 18.2 Å². The number of nitrogens with one attached hydrogen (secondary N) is 2. The van der Waals surface area contributed by atoms with Crippen molar-refractivity contribution in [2.45, 2.75) is 38.5 Å². The predicted octanol–water partition coefficient (Wildman–Crippen LogP) is 2.33. The van der Waals surface area contributed by atoms with Gasteiger partial charge in [-0.1, -0.05) is 24.6 Å². The summed E-state index contributed by atoms with van der Waals surface area (Å²) >= 11 is 0. The molecule has 1 amide bonds. The van der Waals surface area contributed by atoms with Gasteiger partial charge in [-0.25, -0.2) is 0 Å². The third kappa shape index (κ3) is 5.04. The van der Waals surface area contributed by atoms with Gasteiger partial charge < -0.3 is 20.1 Å². The zero-order valence-electron chi connectivity index (χ0n) is 16.5. The van der Waals surface area contributed by atoms with Crippen molar-refractivity contribution in [1.29, 1.82) is 0 Å². The second-order valence-corrected chi connectivity index (χ2v) is 7.34. The third-order valence-corrected chi connectivity index (χ3v) is 5.35. The van der Waals surface area contributed by atoms with Gasteiger partial charge in [0.25, 0.3) is 11.5 Å². The minimum atomic E-state index is -1.02. The first-order valence-corrected chi connectivity index (χ1v) is 9.87. The van der Waals surface area contributed by atoms with Crippen molar-refractivity contribution in [3.63, 3.8) is 0 Å². The normalized spacial score (nSPS) is 14.4. The average molecular weight is 398 g/mol. The number of aryl methyl sites for hydroxylation is 2. The van der Waals surface area contributed by atoms with Crippen molar-refractivity contribution >= 4 is 11.9 Å². The Balaban J connectivity index is 1.72. The molecule has 0 saturated carbocycles. The maximum atomic E-state index is 12.6. The first-order valence-electron chi connectivity index (χ1n) is 9.87. The largest absolute Gasteiger partial charge is 0.496 e. The SMILES string of the molecule is COc1ccccc1CC(CNC(=O)c1cc2c([nH]c1=O)CCCCC2)C(=O)O. The second kappa shape index (κ2) is 9.41. The zero-order chi connectivity index (χ0) is 20.8. The molecule has 3 N–H and O–H groups in total. The number of para-hydroxylation sites is 1. The number of hydrogen-bond acceptors (Lipinski definition) is 4. The first-order chi connectivity index (χ1) is 14.0. The summed E-state index contributed by atoms with van der Waals surface area (Å²) in [5.41, 5.74) is 2.26. The van der Waals surface area contributed by atoms with Gasteiger partial charge in [-0.05, 0) is 55.4 Å². The molecule has 7 heteroatoms. The summed E-state index contributed by atoms with van der Waals surface area (Å²) in [6, 6.07) is 8.84. The fourth-order valence-electron chi connectivity index (χ4n) is 3.72. The number of H-pyrrole nitrogens is 1. The van der Waals surface area contributed by atoms with Crippen LogP contribution < -0.4 is 15.6 Å². The maximum Gasteiger partial charge on any atom is 0.308 e. The Kier molecular flexibility index (Phi) is 6.69. The topological polar surface area (TPSA) is 108 Å². The molecule has 1 aliphatic carbocycles. The van der Waals surface area contributed by atoms with Crippen molar-refractivity contribution < 1.29 is 19.4 Å². The summed E-state index contributed by atoms with van der Waals surface area (Å²) in [5.74, 6) is -1.81. The van der Waals surface area contributed by atoms with Crippen LogP contribution in [0.5, 0.6) is 5.75 Å². The Labute approximate surface area is 169 Å². The Bertz CT molecular complexity index is 950. The number of aromatic nitrogens is 1. The zero-order valence-corrected chi connectivity index (χ0v) is 16.5. The van der Waals surface area contributed by atoms with Crippen LogP contribution in [-0.2, 0) is 24.1 Å². The van der Waals surface area contributed by atoms with E-state index in [0.717, 1.165) is 48.9 Å². The number of ether oxygens (including phenoxy) is 1. The average Bonchev–Trinajstić information content (AvgIpc) is 2.95. The lowest BCUT2D eigenvalue weighted by atomic mass is 9.98. The van der Waals surface area contributed by atoms with E-state index in [0.29, 0.717) is 5.75 Å². The molecule has 0 bridgehead atoms. The van der Waals surface area contributed by atoms with Crippen LogP contribution in [0, 0.1) is 5.92 Å². The number of carboxylic acids is 1. The molecule has 1 heterocycles. The molecule has 1 aromatic heterocycles. The van der Waals surface area contributed by atoms with Gasteiger partial charge in [0.2, 0.25) is 0 Å². The molecular formula is C22H26N2O5. The molecule has 154 valence electrons. The molecule has 1 aliphatic rings. The van der Waals surface area contributed by atoms with Crippen LogP contribution in [-0.4, -0.2) is 35.6 Å². The number of hydrogen-bond donors (Lipinski definition) is 3. The van der Waals surface area contributed by atoms with Gasteiger partial charge in [0.15, 0.2) is 0 Å². The number of benzene rings is 1. The number of aliphatic carboxylic acids is 1. The van der Waals surface area contributed by atoms with E-state index in [9.17, 15) is 19.5 Å². The number of pyridine rings is 1. The van der Waals surface area contributed by atoms with E-state index in [2.05, 4.69) is 10.3 Å². The van der Waals surface area contributed by atoms with E-state index in [1.165, 1.54) is 7.11 Å². The van der Waals surface area contributed by atoms with Crippen LogP contribution in [0.25, 0.3) is 0 Å². The summed E-state index contributed by atoms with van der Waals surface area (Å²) in [6.07, 6.45) is 5.00. The lowest BCUT2D eigenvalue weighted by molar-refractivity contribution is -0.141. The standard InChI is InChI=1S/C22H26N2O5/c1-29-19-10-6-5-8-15(19)11-16(22(27)28)13-23-20(25)17-12-14-7-3-2-4-9-18(14)24-21(17)26/h5-6,8,10,12,16H,2-4,7,9,11,13H2,1H3,(H,23,25)(H,24,26)(H,27,28). The molecule has 0 saturated heterocycles. The summed E-state index contributed by atoms with van der Waals surface area (Å²) in [7, 11) is 1.53. The third-order valence-electron chi connectivity index (χ3n) is 5.35. The van der Waals surface area contributed by atoms with Crippen LogP contribution in [0.3, 0.4) is 0 Å². The molecule has 1 atom stereocenters. The van der Waals surface area contributed by atoms with Crippen molar-refractivity contribution in [3.8, 4) is 5.75 Å². The van der Waals surface area contributed by atoms with E-state index < -0.39 is 23.4 Å². The molecule has 0 aliphatic heterocycles. The van der Waals surface area contributed by atoms with Crippen LogP contribution in [0.2, 0.25) is 0 Å². The number of amides is 1. The van der Waals surface area contributed by atoms with E-state index in [1.807, 2.05) is 12.1 Å². The van der Waals surface area contributed by atoms with Crippen LogP contribution in [0.15, 0.2) is 35.1 Å². The number of rotatable bonds is 7. The molecule has 0 fully saturated rings. The van der Waals surface area contributed by atoms with Gasteiger partial charge in [0, 0.05) is 12.2 Å². The first kappa shape index (κ1) is 20.6. The number of aromatic amines is 1. The fraction of sp³-hybridized carbons (Fsp3) is 0.409. The monoisotopic (exact) mass is 398 g/mol. The highest BCUT2D eigenvalue weighted by molar-refractivity contribution is 5.94. The van der Waals surface area contributed by atoms with Gasteiger partial charge >= 0.3 is 5.97 Å². The summed E-state index contributed by atoms with van der Waals surface area (Å²) < 4.78 is 5.27. The van der Waals surface area contributed by atoms with Crippen molar-refractivity contribution in [2.24, 2.45) is 5.92 Å². The molecule has 0 spiro atoms. The van der Waals surface area contributed by atoms with E-state index in [-0.39, 0.29) is 18.5 Å². The maximum absolute atomic E-state index is 12.6. The van der Waals surface area contributed by atoms with Gasteiger partial charge in [-0.3, -0.25) is 14.4 Å². The van der Waals surface area contributed by atoms with Gasteiger partial charge in [0.05, 0.1) is 13.0 Å². The molecule has 0 radical (unpaired) electrons. The molecule has 1 unspecified atom stereocenters. The smallest absolute Gasteiger partial charge is 0.308 e. The highest BCUT2D eigenvalue weighted by Gasteiger charge is 2.22. The van der Waals surface area contributed by atoms with Gasteiger partial charge in [-0.15, -0.1) is 0 Å². The van der Waals surface area contributed by atoms with Gasteiger partial charge in [-0.2, -0.15) is 0 Å². The van der Waals surface area contributed by atoms with Gasteiger partial charge in [0.1, 0.15) is 11.3 Å².